The minimum Gasteiger partial charge on any atom is -0.496 e. The molecule has 2 aromatic carbocycles. The molecule has 1 aliphatic rings. The Kier molecular flexibility index (Phi) is 6.42. The minimum atomic E-state index is -0.268. The molecule has 27 heavy (non-hydrogen) atoms. The van der Waals surface area contributed by atoms with E-state index in [9.17, 15) is 9.18 Å². The standard InChI is InChI=1S/C21H25FN2O3/c1-15-3-4-17(13-20(15)26-2)21(25)23-14-19(24-9-11-27-12-10-24)16-5-7-18(22)8-6-16/h3-8,13,19H,9-12,14H2,1-2H3,(H,23,25)/t19-/m0/s1. The van der Waals surface area contributed by atoms with Gasteiger partial charge in [-0.2, -0.15) is 0 Å². The van der Waals surface area contributed by atoms with Crippen molar-refractivity contribution in [2.75, 3.05) is 40.0 Å². The summed E-state index contributed by atoms with van der Waals surface area (Å²) in [6, 6.07) is 11.8. The van der Waals surface area contributed by atoms with Crippen LogP contribution in [0.4, 0.5) is 4.39 Å². The molecule has 0 saturated carbocycles. The maximum Gasteiger partial charge on any atom is 0.251 e. The fourth-order valence-corrected chi connectivity index (χ4v) is 3.28. The Bertz CT molecular complexity index is 773. The number of amides is 1. The number of halogens is 1. The van der Waals surface area contributed by atoms with Crippen LogP contribution in [0.1, 0.15) is 27.5 Å². The second-order valence-corrected chi connectivity index (χ2v) is 6.61. The van der Waals surface area contributed by atoms with Gasteiger partial charge in [0.2, 0.25) is 0 Å². The number of hydrogen-bond acceptors (Lipinski definition) is 4. The molecule has 5 nitrogen and oxygen atoms in total. The Morgan fingerprint density at radius 3 is 2.59 bits per heavy atom. The monoisotopic (exact) mass is 372 g/mol. The topological polar surface area (TPSA) is 50.8 Å². The van der Waals surface area contributed by atoms with Crippen molar-refractivity contribution in [2.24, 2.45) is 0 Å². The average molecular weight is 372 g/mol. The van der Waals surface area contributed by atoms with Gasteiger partial charge in [-0.3, -0.25) is 9.69 Å². The van der Waals surface area contributed by atoms with Crippen LogP contribution in [0.3, 0.4) is 0 Å². The molecule has 0 bridgehead atoms. The summed E-state index contributed by atoms with van der Waals surface area (Å²) in [7, 11) is 1.59. The Morgan fingerprint density at radius 2 is 1.93 bits per heavy atom. The van der Waals surface area contributed by atoms with Gasteiger partial charge in [0.15, 0.2) is 0 Å². The first-order valence-electron chi connectivity index (χ1n) is 9.08. The van der Waals surface area contributed by atoms with E-state index in [2.05, 4.69) is 10.2 Å². The van der Waals surface area contributed by atoms with Gasteiger partial charge in [-0.15, -0.1) is 0 Å². The molecule has 1 amide bonds. The minimum absolute atomic E-state index is 0.0363. The van der Waals surface area contributed by atoms with E-state index in [0.717, 1.165) is 24.2 Å². The lowest BCUT2D eigenvalue weighted by atomic mass is 10.0. The molecule has 6 heteroatoms. The molecule has 2 aromatic rings. The molecule has 1 N–H and O–H groups in total. The third-order valence-corrected chi connectivity index (χ3v) is 4.87. The first-order chi connectivity index (χ1) is 13.1. The quantitative estimate of drug-likeness (QED) is 0.847. The van der Waals surface area contributed by atoms with Gasteiger partial charge in [-0.1, -0.05) is 18.2 Å². The molecule has 1 aliphatic heterocycles. The van der Waals surface area contributed by atoms with Crippen LogP contribution in [-0.4, -0.2) is 50.8 Å². The molecule has 1 saturated heterocycles. The zero-order valence-corrected chi connectivity index (χ0v) is 15.7. The van der Waals surface area contributed by atoms with Crippen LogP contribution < -0.4 is 10.1 Å². The summed E-state index contributed by atoms with van der Waals surface area (Å²) in [5.41, 5.74) is 2.50. The highest BCUT2D eigenvalue weighted by Crippen LogP contribution is 2.23. The van der Waals surface area contributed by atoms with Crippen LogP contribution >= 0.6 is 0 Å². The van der Waals surface area contributed by atoms with Crippen LogP contribution in [-0.2, 0) is 4.74 Å². The molecule has 0 aromatic heterocycles. The Labute approximate surface area is 159 Å². The number of carbonyl (C=O) groups is 1. The Hall–Kier alpha value is -2.44. The predicted molar refractivity (Wildman–Crippen MR) is 102 cm³/mol. The number of carbonyl (C=O) groups excluding carboxylic acids is 1. The number of hydrogen-bond donors (Lipinski definition) is 1. The SMILES string of the molecule is COc1cc(C(=O)NC[C@@H](c2ccc(F)cc2)N2CCOCC2)ccc1C. The maximum absolute atomic E-state index is 13.3. The third-order valence-electron chi connectivity index (χ3n) is 4.87. The van der Waals surface area contributed by atoms with Crippen molar-refractivity contribution in [1.29, 1.82) is 0 Å². The van der Waals surface area contributed by atoms with E-state index in [0.29, 0.717) is 31.1 Å². The van der Waals surface area contributed by atoms with Gasteiger partial charge in [0.25, 0.3) is 5.91 Å². The number of aryl methyl sites for hydroxylation is 1. The molecule has 0 radical (unpaired) electrons. The van der Waals surface area contributed by atoms with Gasteiger partial charge in [-0.25, -0.2) is 4.39 Å². The molecular weight excluding hydrogens is 347 g/mol. The van der Waals surface area contributed by atoms with Crippen LogP contribution in [0.15, 0.2) is 42.5 Å². The maximum atomic E-state index is 13.3. The van der Waals surface area contributed by atoms with Crippen molar-refractivity contribution in [2.45, 2.75) is 13.0 Å². The van der Waals surface area contributed by atoms with Crippen molar-refractivity contribution < 1.29 is 18.7 Å². The number of ether oxygens (including phenoxy) is 2. The van der Waals surface area contributed by atoms with E-state index in [1.807, 2.05) is 13.0 Å². The summed E-state index contributed by atoms with van der Waals surface area (Å²) >= 11 is 0. The lowest BCUT2D eigenvalue weighted by molar-refractivity contribution is 0.0162. The highest BCUT2D eigenvalue weighted by molar-refractivity contribution is 5.94. The second-order valence-electron chi connectivity index (χ2n) is 6.61. The van der Waals surface area contributed by atoms with Crippen LogP contribution in [0.25, 0.3) is 0 Å². The highest BCUT2D eigenvalue weighted by atomic mass is 19.1. The first-order valence-corrected chi connectivity index (χ1v) is 9.08. The largest absolute Gasteiger partial charge is 0.496 e. The summed E-state index contributed by atoms with van der Waals surface area (Å²) in [6.45, 7) is 5.22. The van der Waals surface area contributed by atoms with E-state index >= 15 is 0 Å². The molecule has 144 valence electrons. The zero-order chi connectivity index (χ0) is 19.2. The Morgan fingerprint density at radius 1 is 1.22 bits per heavy atom. The summed E-state index contributed by atoms with van der Waals surface area (Å²) in [5, 5.41) is 3.01. The van der Waals surface area contributed by atoms with E-state index in [-0.39, 0.29) is 17.8 Å². The summed E-state index contributed by atoms with van der Waals surface area (Å²) < 4.78 is 24.0. The van der Waals surface area contributed by atoms with Gasteiger partial charge in [0.1, 0.15) is 11.6 Å². The first kappa shape index (κ1) is 19.3. The van der Waals surface area contributed by atoms with Gasteiger partial charge < -0.3 is 14.8 Å². The van der Waals surface area contributed by atoms with Crippen molar-refractivity contribution in [3.8, 4) is 5.75 Å². The van der Waals surface area contributed by atoms with Crippen LogP contribution in [0.2, 0.25) is 0 Å². The van der Waals surface area contributed by atoms with Crippen molar-refractivity contribution in [3.63, 3.8) is 0 Å². The fraction of sp³-hybridized carbons (Fsp3) is 0.381. The molecule has 1 atom stereocenters. The van der Waals surface area contributed by atoms with E-state index in [1.54, 1.807) is 31.4 Å². The molecular formula is C21H25FN2O3. The normalized spacial score (nSPS) is 16.0. The van der Waals surface area contributed by atoms with Crippen LogP contribution in [0, 0.1) is 12.7 Å². The van der Waals surface area contributed by atoms with Gasteiger partial charge in [0, 0.05) is 25.2 Å². The summed E-state index contributed by atoms with van der Waals surface area (Å²) in [4.78, 5) is 14.9. The van der Waals surface area contributed by atoms with Crippen molar-refractivity contribution in [3.05, 3.63) is 65.0 Å². The average Bonchev–Trinajstić information content (AvgIpc) is 2.70. The van der Waals surface area contributed by atoms with E-state index < -0.39 is 0 Å². The zero-order valence-electron chi connectivity index (χ0n) is 15.7. The summed E-state index contributed by atoms with van der Waals surface area (Å²) in [5.74, 6) is 0.259. The van der Waals surface area contributed by atoms with E-state index in [4.69, 9.17) is 9.47 Å². The van der Waals surface area contributed by atoms with Gasteiger partial charge in [0.05, 0.1) is 26.4 Å². The number of benzene rings is 2. The second kappa shape index (κ2) is 8.97. The molecule has 0 aliphatic carbocycles. The van der Waals surface area contributed by atoms with Gasteiger partial charge >= 0.3 is 0 Å². The number of nitrogens with zero attached hydrogens (tertiary/aromatic N) is 1. The smallest absolute Gasteiger partial charge is 0.251 e. The predicted octanol–water partition coefficient (Wildman–Crippen LogP) is 2.95. The fourth-order valence-electron chi connectivity index (χ4n) is 3.28. The number of methoxy groups -OCH3 is 1. The lowest BCUT2D eigenvalue weighted by Crippen LogP contribution is -2.43. The number of rotatable bonds is 6. The van der Waals surface area contributed by atoms with Crippen molar-refractivity contribution >= 4 is 5.91 Å². The lowest BCUT2D eigenvalue weighted by Gasteiger charge is -2.35. The third kappa shape index (κ3) is 4.84. The molecule has 3 rings (SSSR count). The Balaban J connectivity index is 1.73. The van der Waals surface area contributed by atoms with Crippen LogP contribution in [0.5, 0.6) is 5.75 Å². The van der Waals surface area contributed by atoms with Gasteiger partial charge in [-0.05, 0) is 42.3 Å². The molecule has 0 spiro atoms. The summed E-state index contributed by atoms with van der Waals surface area (Å²) in [6.07, 6.45) is 0. The highest BCUT2D eigenvalue weighted by Gasteiger charge is 2.23. The number of morpholine rings is 1. The molecule has 1 fully saturated rings. The molecule has 1 heterocycles. The van der Waals surface area contributed by atoms with Crippen molar-refractivity contribution in [1.82, 2.24) is 10.2 Å². The number of nitrogens with one attached hydrogen (secondary N) is 1. The van der Waals surface area contributed by atoms with E-state index in [1.165, 1.54) is 12.1 Å². The molecule has 0 unspecified atom stereocenters.